The summed E-state index contributed by atoms with van der Waals surface area (Å²) in [6.07, 6.45) is 5.47. The zero-order valence-electron chi connectivity index (χ0n) is 11.6. The van der Waals surface area contributed by atoms with E-state index in [9.17, 15) is 0 Å². The highest BCUT2D eigenvalue weighted by Crippen LogP contribution is 2.27. The summed E-state index contributed by atoms with van der Waals surface area (Å²) in [6, 6.07) is 1.63. The van der Waals surface area contributed by atoms with Gasteiger partial charge in [-0.05, 0) is 45.3 Å². The van der Waals surface area contributed by atoms with Crippen LogP contribution in [0.15, 0.2) is 0 Å². The van der Waals surface area contributed by atoms with Gasteiger partial charge in [-0.25, -0.2) is 0 Å². The Hall–Kier alpha value is -0.120. The number of hydrogen-bond donors (Lipinski definition) is 1. The Balaban J connectivity index is 1.64. The maximum atomic E-state index is 3.79. The molecule has 2 aliphatic heterocycles. The van der Waals surface area contributed by atoms with Crippen LogP contribution in [0.5, 0.6) is 0 Å². The van der Waals surface area contributed by atoms with Gasteiger partial charge >= 0.3 is 0 Å². The summed E-state index contributed by atoms with van der Waals surface area (Å²) in [7, 11) is 0. The van der Waals surface area contributed by atoms with Crippen molar-refractivity contribution in [1.29, 1.82) is 0 Å². The molecule has 3 heteroatoms. The van der Waals surface area contributed by atoms with Crippen molar-refractivity contribution in [3.63, 3.8) is 0 Å². The fourth-order valence-corrected chi connectivity index (χ4v) is 3.47. The van der Waals surface area contributed by atoms with Gasteiger partial charge in [-0.3, -0.25) is 4.90 Å². The van der Waals surface area contributed by atoms with E-state index in [4.69, 9.17) is 0 Å². The summed E-state index contributed by atoms with van der Waals surface area (Å²) in [5.41, 5.74) is 0. The standard InChI is InChI=1S/C14H29N3/c1-3-9-16(4-2)12-8-15-13-7-11-17-10-5-6-14(13)17/h13-15H,3-12H2,1-2H3. The van der Waals surface area contributed by atoms with Crippen molar-refractivity contribution in [1.82, 2.24) is 15.1 Å². The highest BCUT2D eigenvalue weighted by atomic mass is 15.2. The number of nitrogens with one attached hydrogen (secondary N) is 1. The Bertz CT molecular complexity index is 220. The second-order valence-electron chi connectivity index (χ2n) is 5.53. The average molecular weight is 239 g/mol. The van der Waals surface area contributed by atoms with E-state index in [0.717, 1.165) is 12.1 Å². The molecule has 0 aliphatic carbocycles. The Morgan fingerprint density at radius 3 is 2.82 bits per heavy atom. The minimum absolute atomic E-state index is 0.776. The lowest BCUT2D eigenvalue weighted by molar-refractivity contribution is 0.267. The minimum atomic E-state index is 0.776. The molecule has 2 aliphatic rings. The molecule has 0 saturated carbocycles. The molecule has 0 radical (unpaired) electrons. The second kappa shape index (κ2) is 6.72. The van der Waals surface area contributed by atoms with Gasteiger partial charge in [0.25, 0.3) is 0 Å². The minimum Gasteiger partial charge on any atom is -0.311 e. The van der Waals surface area contributed by atoms with Crippen LogP contribution < -0.4 is 5.32 Å². The Morgan fingerprint density at radius 2 is 2.06 bits per heavy atom. The van der Waals surface area contributed by atoms with E-state index >= 15 is 0 Å². The summed E-state index contributed by atoms with van der Waals surface area (Å²) in [5.74, 6) is 0. The summed E-state index contributed by atoms with van der Waals surface area (Å²) in [5, 5.41) is 3.79. The van der Waals surface area contributed by atoms with Crippen molar-refractivity contribution in [2.45, 2.75) is 51.6 Å². The third kappa shape index (κ3) is 3.43. The molecule has 2 heterocycles. The number of rotatable bonds is 7. The zero-order chi connectivity index (χ0) is 12.1. The van der Waals surface area contributed by atoms with Gasteiger partial charge in [0, 0.05) is 31.7 Å². The molecule has 0 aromatic rings. The first kappa shape index (κ1) is 13.3. The van der Waals surface area contributed by atoms with Gasteiger partial charge in [0.05, 0.1) is 0 Å². The topological polar surface area (TPSA) is 18.5 Å². The van der Waals surface area contributed by atoms with E-state index in [1.54, 1.807) is 0 Å². The van der Waals surface area contributed by atoms with E-state index in [2.05, 4.69) is 29.0 Å². The van der Waals surface area contributed by atoms with Gasteiger partial charge in [-0.2, -0.15) is 0 Å². The van der Waals surface area contributed by atoms with E-state index in [-0.39, 0.29) is 0 Å². The van der Waals surface area contributed by atoms with Crippen LogP contribution in [0, 0.1) is 0 Å². The molecular weight excluding hydrogens is 210 g/mol. The molecule has 1 N–H and O–H groups in total. The van der Waals surface area contributed by atoms with Crippen LogP contribution in [-0.4, -0.2) is 61.2 Å². The lowest BCUT2D eigenvalue weighted by atomic mass is 10.1. The van der Waals surface area contributed by atoms with Crippen molar-refractivity contribution < 1.29 is 0 Å². The molecule has 2 atom stereocenters. The van der Waals surface area contributed by atoms with Crippen molar-refractivity contribution in [2.24, 2.45) is 0 Å². The predicted octanol–water partition coefficient (Wildman–Crippen LogP) is 1.54. The van der Waals surface area contributed by atoms with Crippen LogP contribution in [0.1, 0.15) is 39.5 Å². The van der Waals surface area contributed by atoms with Gasteiger partial charge in [-0.1, -0.05) is 13.8 Å². The molecule has 0 aromatic carbocycles. The van der Waals surface area contributed by atoms with Crippen LogP contribution in [0.2, 0.25) is 0 Å². The van der Waals surface area contributed by atoms with E-state index < -0.39 is 0 Å². The van der Waals surface area contributed by atoms with E-state index in [1.807, 2.05) is 0 Å². The molecule has 0 bridgehead atoms. The number of fused-ring (bicyclic) bond motifs is 1. The summed E-state index contributed by atoms with van der Waals surface area (Å²) < 4.78 is 0. The Labute approximate surface area is 107 Å². The fraction of sp³-hybridized carbons (Fsp3) is 1.00. The molecule has 2 fully saturated rings. The molecule has 3 nitrogen and oxygen atoms in total. The number of likely N-dealkylation sites (N-methyl/N-ethyl adjacent to an activating group) is 1. The van der Waals surface area contributed by atoms with Crippen LogP contribution in [0.3, 0.4) is 0 Å². The predicted molar refractivity (Wildman–Crippen MR) is 73.4 cm³/mol. The van der Waals surface area contributed by atoms with Gasteiger partial charge < -0.3 is 10.2 Å². The Morgan fingerprint density at radius 1 is 1.18 bits per heavy atom. The van der Waals surface area contributed by atoms with Gasteiger partial charge in [0.1, 0.15) is 0 Å². The number of nitrogens with zero attached hydrogens (tertiary/aromatic N) is 2. The third-order valence-corrected chi connectivity index (χ3v) is 4.43. The smallest absolute Gasteiger partial charge is 0.0250 e. The molecule has 100 valence electrons. The molecule has 2 unspecified atom stereocenters. The molecular formula is C14H29N3. The van der Waals surface area contributed by atoms with Crippen LogP contribution in [-0.2, 0) is 0 Å². The highest BCUT2D eigenvalue weighted by Gasteiger charge is 2.36. The highest BCUT2D eigenvalue weighted by molar-refractivity contribution is 4.95. The quantitative estimate of drug-likeness (QED) is 0.727. The summed E-state index contributed by atoms with van der Waals surface area (Å²) >= 11 is 0. The lowest BCUT2D eigenvalue weighted by Gasteiger charge is -2.24. The summed E-state index contributed by atoms with van der Waals surface area (Å²) in [6.45, 7) is 12.0. The third-order valence-electron chi connectivity index (χ3n) is 4.43. The van der Waals surface area contributed by atoms with Crippen LogP contribution >= 0.6 is 0 Å². The molecule has 0 spiro atoms. The second-order valence-corrected chi connectivity index (χ2v) is 5.53. The first-order valence-electron chi connectivity index (χ1n) is 7.55. The van der Waals surface area contributed by atoms with Crippen LogP contribution in [0.25, 0.3) is 0 Å². The number of hydrogen-bond acceptors (Lipinski definition) is 3. The molecule has 2 saturated heterocycles. The van der Waals surface area contributed by atoms with Gasteiger partial charge in [-0.15, -0.1) is 0 Å². The van der Waals surface area contributed by atoms with Crippen LogP contribution in [0.4, 0.5) is 0 Å². The average Bonchev–Trinajstić information content (AvgIpc) is 2.92. The first-order valence-corrected chi connectivity index (χ1v) is 7.55. The van der Waals surface area contributed by atoms with E-state index in [1.165, 1.54) is 65.0 Å². The normalized spacial score (nSPS) is 29.1. The maximum absolute atomic E-state index is 3.79. The Kier molecular flexibility index (Phi) is 5.26. The fourth-order valence-electron chi connectivity index (χ4n) is 3.47. The lowest BCUT2D eigenvalue weighted by Crippen LogP contribution is -2.42. The summed E-state index contributed by atoms with van der Waals surface area (Å²) in [4.78, 5) is 5.23. The van der Waals surface area contributed by atoms with Crippen molar-refractivity contribution in [3.8, 4) is 0 Å². The molecule has 2 rings (SSSR count). The van der Waals surface area contributed by atoms with Crippen molar-refractivity contribution in [2.75, 3.05) is 39.3 Å². The zero-order valence-corrected chi connectivity index (χ0v) is 11.6. The molecule has 0 amide bonds. The molecule has 17 heavy (non-hydrogen) atoms. The van der Waals surface area contributed by atoms with E-state index in [0.29, 0.717) is 0 Å². The largest absolute Gasteiger partial charge is 0.311 e. The monoisotopic (exact) mass is 239 g/mol. The SMILES string of the molecule is CCCN(CC)CCNC1CCN2CCCC12. The van der Waals surface area contributed by atoms with Crippen molar-refractivity contribution >= 4 is 0 Å². The molecule has 0 aromatic heterocycles. The maximum Gasteiger partial charge on any atom is 0.0250 e. The first-order chi connectivity index (χ1) is 8.35. The van der Waals surface area contributed by atoms with Gasteiger partial charge in [0.15, 0.2) is 0 Å². The van der Waals surface area contributed by atoms with Gasteiger partial charge in [0.2, 0.25) is 0 Å². The van der Waals surface area contributed by atoms with Crippen molar-refractivity contribution in [3.05, 3.63) is 0 Å².